The smallest absolute Gasteiger partial charge is 0.322 e. The van der Waals surface area contributed by atoms with Gasteiger partial charge in [-0.1, -0.05) is 12.1 Å². The van der Waals surface area contributed by atoms with Crippen molar-refractivity contribution < 1.29 is 32.6 Å². The van der Waals surface area contributed by atoms with Crippen molar-refractivity contribution >= 4 is 16.0 Å². The second-order valence-electron chi connectivity index (χ2n) is 6.53. The molecule has 2 aromatic rings. The number of nitrogens with zero attached hydrogens (tertiary/aromatic N) is 1. The molecule has 1 aliphatic heterocycles. The third-order valence-corrected chi connectivity index (χ3v) is 6.48. The fourth-order valence-electron chi connectivity index (χ4n) is 3.03. The van der Waals surface area contributed by atoms with Crippen LogP contribution in [-0.4, -0.2) is 47.6 Å². The minimum Gasteiger partial charge on any atom is -0.489 e. The van der Waals surface area contributed by atoms with Gasteiger partial charge in [0.2, 0.25) is 10.0 Å². The number of aliphatic carboxylic acids is 1. The lowest BCUT2D eigenvalue weighted by atomic mass is 10.0. The normalized spacial score (nSPS) is 20.6. The summed E-state index contributed by atoms with van der Waals surface area (Å²) in [5.74, 6) is -1.21. The number of hydrogen-bond donors (Lipinski definition) is 2. The van der Waals surface area contributed by atoms with E-state index in [2.05, 4.69) is 0 Å². The maximum Gasteiger partial charge on any atom is 0.322 e. The van der Waals surface area contributed by atoms with Gasteiger partial charge in [0.15, 0.2) is 0 Å². The molecule has 0 bridgehead atoms. The number of ether oxygens (including phenoxy) is 1. The number of halogens is 1. The highest BCUT2D eigenvalue weighted by Gasteiger charge is 2.40. The van der Waals surface area contributed by atoms with Crippen LogP contribution in [0.15, 0.2) is 53.4 Å². The van der Waals surface area contributed by atoms with E-state index >= 15 is 0 Å². The van der Waals surface area contributed by atoms with E-state index in [1.54, 1.807) is 12.1 Å². The number of aliphatic hydroxyl groups excluding tert-OH is 1. The molecule has 1 heterocycles. The van der Waals surface area contributed by atoms with Crippen molar-refractivity contribution in [2.75, 3.05) is 6.54 Å². The zero-order chi connectivity index (χ0) is 20.3. The van der Waals surface area contributed by atoms with E-state index in [0.29, 0.717) is 5.75 Å². The zero-order valence-electron chi connectivity index (χ0n) is 14.9. The summed E-state index contributed by atoms with van der Waals surface area (Å²) in [5.41, 5.74) is 0.759. The van der Waals surface area contributed by atoms with Crippen LogP contribution in [0.25, 0.3) is 0 Å². The summed E-state index contributed by atoms with van der Waals surface area (Å²) in [6, 6.07) is 10.2. The van der Waals surface area contributed by atoms with E-state index in [4.69, 9.17) is 4.74 Å². The van der Waals surface area contributed by atoms with Gasteiger partial charge in [-0.3, -0.25) is 4.79 Å². The van der Waals surface area contributed by atoms with E-state index in [1.165, 1.54) is 36.4 Å². The average Bonchev–Trinajstić information content (AvgIpc) is 2.67. The topological polar surface area (TPSA) is 104 Å². The number of rotatable bonds is 6. The standard InChI is InChI=1S/C19H20FNO6S/c20-14-3-1-13(2-4-14)12-27-16-5-7-17(8-6-16)28(25,26)21-10-9-15(22)11-18(21)19(23)24/h1-8,15,18,22H,9-12H2,(H,23,24)/t15-,18+/m0/s1. The van der Waals surface area contributed by atoms with Crippen molar-refractivity contribution in [3.63, 3.8) is 0 Å². The van der Waals surface area contributed by atoms with Gasteiger partial charge < -0.3 is 14.9 Å². The Morgan fingerprint density at radius 2 is 1.79 bits per heavy atom. The Balaban J connectivity index is 1.72. The molecule has 0 amide bonds. The molecule has 150 valence electrons. The Kier molecular flexibility index (Phi) is 5.97. The molecule has 2 atom stereocenters. The van der Waals surface area contributed by atoms with Gasteiger partial charge in [-0.05, 0) is 48.4 Å². The zero-order valence-corrected chi connectivity index (χ0v) is 15.7. The number of hydrogen-bond acceptors (Lipinski definition) is 5. The molecule has 1 fully saturated rings. The first-order valence-corrected chi connectivity index (χ1v) is 10.1. The Morgan fingerprint density at radius 1 is 1.14 bits per heavy atom. The number of piperidine rings is 1. The Morgan fingerprint density at radius 3 is 2.39 bits per heavy atom. The highest BCUT2D eigenvalue weighted by molar-refractivity contribution is 7.89. The van der Waals surface area contributed by atoms with Crippen molar-refractivity contribution in [1.82, 2.24) is 4.31 Å². The first-order valence-electron chi connectivity index (χ1n) is 8.67. The first-order chi connectivity index (χ1) is 13.3. The highest BCUT2D eigenvalue weighted by Crippen LogP contribution is 2.27. The molecule has 1 aliphatic rings. The highest BCUT2D eigenvalue weighted by atomic mass is 32.2. The molecule has 0 aliphatic carbocycles. The molecule has 0 unspecified atom stereocenters. The molecule has 2 N–H and O–H groups in total. The second-order valence-corrected chi connectivity index (χ2v) is 8.43. The van der Waals surface area contributed by atoms with Crippen LogP contribution in [0.1, 0.15) is 18.4 Å². The molecule has 0 radical (unpaired) electrons. The van der Waals surface area contributed by atoms with Crippen molar-refractivity contribution in [2.24, 2.45) is 0 Å². The molecule has 3 rings (SSSR count). The SMILES string of the molecule is O=C(O)[C@H]1C[C@@H](O)CCN1S(=O)(=O)c1ccc(OCc2ccc(F)cc2)cc1. The Bertz CT molecular complexity index is 930. The van der Waals surface area contributed by atoms with Gasteiger partial charge in [0.1, 0.15) is 24.2 Å². The molecule has 0 aromatic heterocycles. The maximum atomic E-state index is 12.9. The van der Waals surface area contributed by atoms with Crippen LogP contribution in [0, 0.1) is 5.82 Å². The Hall–Kier alpha value is -2.49. The second kappa shape index (κ2) is 8.26. The van der Waals surface area contributed by atoms with Crippen LogP contribution >= 0.6 is 0 Å². The van der Waals surface area contributed by atoms with Gasteiger partial charge in [-0.2, -0.15) is 4.31 Å². The number of carboxylic acids is 1. The lowest BCUT2D eigenvalue weighted by Crippen LogP contribution is -2.51. The number of aliphatic hydroxyl groups is 1. The summed E-state index contributed by atoms with van der Waals surface area (Å²) in [4.78, 5) is 11.4. The number of benzene rings is 2. The molecular weight excluding hydrogens is 389 g/mol. The molecule has 0 saturated carbocycles. The van der Waals surface area contributed by atoms with Crippen molar-refractivity contribution in [2.45, 2.75) is 36.5 Å². The Labute approximate surface area is 162 Å². The molecule has 7 nitrogen and oxygen atoms in total. The molecule has 1 saturated heterocycles. The summed E-state index contributed by atoms with van der Waals surface area (Å²) >= 11 is 0. The molecular formula is C19H20FNO6S. The van der Waals surface area contributed by atoms with Gasteiger partial charge >= 0.3 is 5.97 Å². The summed E-state index contributed by atoms with van der Waals surface area (Å²) in [7, 11) is -4.02. The largest absolute Gasteiger partial charge is 0.489 e. The lowest BCUT2D eigenvalue weighted by Gasteiger charge is -2.34. The van der Waals surface area contributed by atoms with Gasteiger partial charge in [-0.25, -0.2) is 12.8 Å². The number of sulfonamides is 1. The summed E-state index contributed by atoms with van der Waals surface area (Å²) < 4.78 is 45.1. The fourth-order valence-corrected chi connectivity index (χ4v) is 4.64. The van der Waals surface area contributed by atoms with Gasteiger partial charge in [0.25, 0.3) is 0 Å². The van der Waals surface area contributed by atoms with Crippen LogP contribution in [0.4, 0.5) is 4.39 Å². The average molecular weight is 409 g/mol. The summed E-state index contributed by atoms with van der Waals surface area (Å²) in [6.45, 7) is 0.126. The van der Waals surface area contributed by atoms with Gasteiger partial charge in [-0.15, -0.1) is 0 Å². The molecule has 0 spiro atoms. The van der Waals surface area contributed by atoms with Crippen molar-refractivity contribution in [1.29, 1.82) is 0 Å². The quantitative estimate of drug-likeness (QED) is 0.756. The monoisotopic (exact) mass is 409 g/mol. The fraction of sp³-hybridized carbons (Fsp3) is 0.316. The maximum absolute atomic E-state index is 12.9. The number of carboxylic acid groups (broad SMARTS) is 1. The van der Waals surface area contributed by atoms with Gasteiger partial charge in [0, 0.05) is 13.0 Å². The summed E-state index contributed by atoms with van der Waals surface area (Å²) in [6.07, 6.45) is -0.801. The van der Waals surface area contributed by atoms with Gasteiger partial charge in [0.05, 0.1) is 11.0 Å². The van der Waals surface area contributed by atoms with Crippen LogP contribution < -0.4 is 4.74 Å². The van der Waals surface area contributed by atoms with Crippen LogP contribution in [-0.2, 0) is 21.4 Å². The third-order valence-electron chi connectivity index (χ3n) is 4.56. The van der Waals surface area contributed by atoms with Crippen LogP contribution in [0.2, 0.25) is 0 Å². The van der Waals surface area contributed by atoms with E-state index in [0.717, 1.165) is 9.87 Å². The first kappa shape index (κ1) is 20.2. The lowest BCUT2D eigenvalue weighted by molar-refractivity contribution is -0.143. The predicted octanol–water partition coefficient (Wildman–Crippen LogP) is 2.00. The van der Waals surface area contributed by atoms with E-state index < -0.39 is 28.1 Å². The third kappa shape index (κ3) is 4.49. The number of carbonyl (C=O) groups is 1. The van der Waals surface area contributed by atoms with E-state index in [1.807, 2.05) is 0 Å². The molecule has 28 heavy (non-hydrogen) atoms. The summed E-state index contributed by atoms with van der Waals surface area (Å²) in [5, 5.41) is 19.0. The minimum atomic E-state index is -4.02. The van der Waals surface area contributed by atoms with E-state index in [9.17, 15) is 27.8 Å². The van der Waals surface area contributed by atoms with Crippen molar-refractivity contribution in [3.8, 4) is 5.75 Å². The molecule has 9 heteroatoms. The van der Waals surface area contributed by atoms with Crippen molar-refractivity contribution in [3.05, 3.63) is 59.9 Å². The minimum absolute atomic E-state index is 0.0516. The predicted molar refractivity (Wildman–Crippen MR) is 97.7 cm³/mol. The van der Waals surface area contributed by atoms with Crippen LogP contribution in [0.5, 0.6) is 5.75 Å². The molecule has 2 aromatic carbocycles. The van der Waals surface area contributed by atoms with Crippen LogP contribution in [0.3, 0.4) is 0 Å². The van der Waals surface area contributed by atoms with E-state index in [-0.39, 0.29) is 36.7 Å².